The zero-order chi connectivity index (χ0) is 14.3. The zero-order valence-electron chi connectivity index (χ0n) is 11.0. The normalized spacial score (nSPS) is 11.7. The Kier molecular flexibility index (Phi) is 5.81. The second-order valence-corrected chi connectivity index (χ2v) is 4.01. The first-order valence-corrected chi connectivity index (χ1v) is 5.77. The molecule has 1 atom stereocenters. The molecule has 0 unspecified atom stereocenters. The zero-order valence-corrected chi connectivity index (χ0v) is 11.0. The van der Waals surface area contributed by atoms with Gasteiger partial charge >= 0.3 is 0 Å². The number of hydrogen-bond acceptors (Lipinski definition) is 4. The highest BCUT2D eigenvalue weighted by Gasteiger charge is 2.18. The molecule has 1 aromatic carbocycles. The third-order valence-electron chi connectivity index (χ3n) is 2.55. The lowest BCUT2D eigenvalue weighted by atomic mass is 10.1. The number of methoxy groups -OCH3 is 2. The first kappa shape index (κ1) is 15.0. The summed E-state index contributed by atoms with van der Waals surface area (Å²) in [6, 6.07) is 6.44. The van der Waals surface area contributed by atoms with E-state index >= 15 is 0 Å². The van der Waals surface area contributed by atoms with Gasteiger partial charge < -0.3 is 20.5 Å². The van der Waals surface area contributed by atoms with Crippen molar-refractivity contribution in [1.29, 1.82) is 0 Å². The van der Waals surface area contributed by atoms with E-state index in [0.29, 0.717) is 6.42 Å². The van der Waals surface area contributed by atoms with Crippen molar-refractivity contribution in [2.45, 2.75) is 12.5 Å². The van der Waals surface area contributed by atoms with E-state index in [1.807, 2.05) is 12.1 Å². The molecule has 0 saturated heterocycles. The van der Waals surface area contributed by atoms with Crippen molar-refractivity contribution in [3.63, 3.8) is 0 Å². The van der Waals surface area contributed by atoms with Gasteiger partial charge in [0, 0.05) is 13.5 Å². The fourth-order valence-corrected chi connectivity index (χ4v) is 1.59. The minimum absolute atomic E-state index is 0.105. The van der Waals surface area contributed by atoms with Crippen LogP contribution in [-0.4, -0.2) is 38.7 Å². The van der Waals surface area contributed by atoms with E-state index in [1.54, 1.807) is 19.2 Å². The third kappa shape index (κ3) is 4.97. The number of carbonyl (C=O) groups excluding carboxylic acids is 2. The number of benzene rings is 1. The van der Waals surface area contributed by atoms with Gasteiger partial charge in [0.25, 0.3) is 0 Å². The summed E-state index contributed by atoms with van der Waals surface area (Å²) in [7, 11) is 2.98. The molecule has 1 rings (SSSR count). The molecule has 19 heavy (non-hydrogen) atoms. The number of nitrogens with two attached hydrogens (primary N) is 1. The molecule has 3 N–H and O–H groups in total. The number of hydrogen-bond donors (Lipinski definition) is 2. The molecule has 0 saturated carbocycles. The monoisotopic (exact) mass is 266 g/mol. The van der Waals surface area contributed by atoms with Gasteiger partial charge in [-0.3, -0.25) is 9.59 Å². The van der Waals surface area contributed by atoms with Crippen LogP contribution in [0.3, 0.4) is 0 Å². The van der Waals surface area contributed by atoms with Gasteiger partial charge in [0.15, 0.2) is 0 Å². The van der Waals surface area contributed by atoms with Crippen LogP contribution < -0.4 is 15.8 Å². The van der Waals surface area contributed by atoms with Crippen molar-refractivity contribution in [3.8, 4) is 5.75 Å². The molecule has 0 aliphatic rings. The van der Waals surface area contributed by atoms with Crippen LogP contribution in [0.5, 0.6) is 5.75 Å². The van der Waals surface area contributed by atoms with Crippen LogP contribution in [0.2, 0.25) is 0 Å². The van der Waals surface area contributed by atoms with Crippen LogP contribution in [0.25, 0.3) is 0 Å². The maximum atomic E-state index is 11.4. The smallest absolute Gasteiger partial charge is 0.246 e. The summed E-state index contributed by atoms with van der Waals surface area (Å²) in [5, 5.41) is 2.52. The van der Waals surface area contributed by atoms with E-state index in [0.717, 1.165) is 11.3 Å². The number of amides is 2. The Morgan fingerprint density at radius 3 is 2.37 bits per heavy atom. The summed E-state index contributed by atoms with van der Waals surface area (Å²) in [4.78, 5) is 22.7. The Morgan fingerprint density at radius 2 is 1.89 bits per heavy atom. The minimum atomic E-state index is -0.754. The summed E-state index contributed by atoms with van der Waals surface area (Å²) < 4.78 is 9.72. The van der Waals surface area contributed by atoms with Crippen LogP contribution in [0.4, 0.5) is 0 Å². The molecule has 0 fully saturated rings. The second kappa shape index (κ2) is 7.38. The topological polar surface area (TPSA) is 90.7 Å². The second-order valence-electron chi connectivity index (χ2n) is 4.01. The van der Waals surface area contributed by atoms with E-state index in [2.05, 4.69) is 10.1 Å². The van der Waals surface area contributed by atoms with Gasteiger partial charge in [-0.05, 0) is 17.7 Å². The minimum Gasteiger partial charge on any atom is -0.497 e. The van der Waals surface area contributed by atoms with E-state index in [1.165, 1.54) is 7.11 Å². The van der Waals surface area contributed by atoms with Crippen LogP contribution in [0.1, 0.15) is 5.56 Å². The van der Waals surface area contributed by atoms with Crippen molar-refractivity contribution >= 4 is 11.8 Å². The van der Waals surface area contributed by atoms with Gasteiger partial charge in [-0.15, -0.1) is 0 Å². The number of primary amides is 1. The van der Waals surface area contributed by atoms with Crippen molar-refractivity contribution in [1.82, 2.24) is 5.32 Å². The maximum Gasteiger partial charge on any atom is 0.246 e. The fraction of sp³-hybridized carbons (Fsp3) is 0.385. The van der Waals surface area contributed by atoms with E-state index in [9.17, 15) is 9.59 Å². The first-order chi connectivity index (χ1) is 9.06. The van der Waals surface area contributed by atoms with E-state index in [4.69, 9.17) is 10.5 Å². The molecular weight excluding hydrogens is 248 g/mol. The van der Waals surface area contributed by atoms with Crippen LogP contribution in [0.15, 0.2) is 24.3 Å². The fourth-order valence-electron chi connectivity index (χ4n) is 1.59. The molecule has 2 amide bonds. The number of ether oxygens (including phenoxy) is 2. The van der Waals surface area contributed by atoms with Crippen molar-refractivity contribution in [2.75, 3.05) is 20.8 Å². The summed E-state index contributed by atoms with van der Waals surface area (Å²) in [6.45, 7) is -0.105. The highest BCUT2D eigenvalue weighted by atomic mass is 16.5. The largest absolute Gasteiger partial charge is 0.497 e. The lowest BCUT2D eigenvalue weighted by Crippen LogP contribution is -2.46. The predicted molar refractivity (Wildman–Crippen MR) is 69.7 cm³/mol. The first-order valence-electron chi connectivity index (χ1n) is 5.77. The molecule has 0 spiro atoms. The molecular formula is C13H18N2O4. The summed E-state index contributed by atoms with van der Waals surface area (Å²) in [6.07, 6.45) is 0.328. The van der Waals surface area contributed by atoms with Gasteiger partial charge in [0.1, 0.15) is 18.4 Å². The Bertz CT molecular complexity index is 431. The molecule has 6 heteroatoms. The molecule has 0 aliphatic carbocycles. The quantitative estimate of drug-likeness (QED) is 0.718. The standard InChI is InChI=1S/C13H18N2O4/c1-18-8-12(16)15-11(13(14)17)7-9-3-5-10(19-2)6-4-9/h3-6,11H,7-8H2,1-2H3,(H2,14,17)(H,15,16)/t11-/m1/s1. The molecule has 0 aliphatic heterocycles. The highest BCUT2D eigenvalue weighted by molar-refractivity contribution is 5.87. The molecule has 104 valence electrons. The average molecular weight is 266 g/mol. The van der Waals surface area contributed by atoms with E-state index < -0.39 is 11.9 Å². The van der Waals surface area contributed by atoms with Crippen molar-refractivity contribution in [2.24, 2.45) is 5.73 Å². The molecule has 6 nitrogen and oxygen atoms in total. The Balaban J connectivity index is 2.66. The SMILES string of the molecule is COCC(=O)N[C@H](Cc1ccc(OC)cc1)C(N)=O. The Hall–Kier alpha value is -2.08. The van der Waals surface area contributed by atoms with Crippen molar-refractivity contribution in [3.05, 3.63) is 29.8 Å². The maximum absolute atomic E-state index is 11.4. The van der Waals surface area contributed by atoms with Crippen molar-refractivity contribution < 1.29 is 19.1 Å². The van der Waals surface area contributed by atoms with Crippen LogP contribution in [0, 0.1) is 0 Å². The summed E-state index contributed by atoms with van der Waals surface area (Å²) >= 11 is 0. The molecule has 0 aromatic heterocycles. The van der Waals surface area contributed by atoms with Gasteiger partial charge in [0.2, 0.25) is 11.8 Å². The molecule has 1 aromatic rings. The number of rotatable bonds is 7. The lowest BCUT2D eigenvalue weighted by molar-refractivity contribution is -0.129. The Morgan fingerprint density at radius 1 is 1.26 bits per heavy atom. The molecule has 0 bridgehead atoms. The number of carbonyl (C=O) groups is 2. The molecule has 0 radical (unpaired) electrons. The highest BCUT2D eigenvalue weighted by Crippen LogP contribution is 2.12. The average Bonchev–Trinajstić information content (AvgIpc) is 2.39. The van der Waals surface area contributed by atoms with Crippen LogP contribution >= 0.6 is 0 Å². The Labute approximate surface area is 111 Å². The van der Waals surface area contributed by atoms with Gasteiger partial charge in [-0.25, -0.2) is 0 Å². The predicted octanol–water partition coefficient (Wildman–Crippen LogP) is -0.146. The molecule has 0 heterocycles. The van der Waals surface area contributed by atoms with E-state index in [-0.39, 0.29) is 12.5 Å². The number of nitrogens with one attached hydrogen (secondary N) is 1. The lowest BCUT2D eigenvalue weighted by Gasteiger charge is -2.15. The van der Waals surface area contributed by atoms with Gasteiger partial charge in [0.05, 0.1) is 7.11 Å². The van der Waals surface area contributed by atoms with Crippen LogP contribution in [-0.2, 0) is 20.7 Å². The third-order valence-corrected chi connectivity index (χ3v) is 2.55. The summed E-state index contributed by atoms with van der Waals surface area (Å²) in [5.74, 6) is -0.233. The van der Waals surface area contributed by atoms with Gasteiger partial charge in [-0.2, -0.15) is 0 Å². The van der Waals surface area contributed by atoms with Gasteiger partial charge in [-0.1, -0.05) is 12.1 Å². The summed E-state index contributed by atoms with van der Waals surface area (Å²) in [5.41, 5.74) is 6.14.